The number of piperidine rings is 1. The predicted octanol–water partition coefficient (Wildman–Crippen LogP) is 3.12. The first-order valence-electron chi connectivity index (χ1n) is 6.25. The Morgan fingerprint density at radius 2 is 1.80 bits per heavy atom. The molecule has 0 radical (unpaired) electrons. The van der Waals surface area contributed by atoms with Crippen LogP contribution in [0.5, 0.6) is 0 Å². The average molecular weight is 201 g/mol. The van der Waals surface area contributed by atoms with Gasteiger partial charge in [-0.3, -0.25) is 0 Å². The maximum absolute atomic E-state index is 2.62. The number of rotatable bonds is 1. The highest BCUT2D eigenvalue weighted by Gasteiger charge is 2.30. The summed E-state index contributed by atoms with van der Waals surface area (Å²) in [5.74, 6) is 1.44. The van der Waals surface area contributed by atoms with E-state index < -0.39 is 0 Å². The monoisotopic (exact) mass is 201 g/mol. The summed E-state index contributed by atoms with van der Waals surface area (Å²) < 4.78 is 0. The second kappa shape index (κ2) is 3.88. The lowest BCUT2D eigenvalue weighted by Crippen LogP contribution is -2.32. The Labute approximate surface area is 92.2 Å². The summed E-state index contributed by atoms with van der Waals surface area (Å²) in [5, 5.41) is 0. The average Bonchev–Trinajstić information content (AvgIpc) is 2.74. The highest BCUT2D eigenvalue weighted by Crippen LogP contribution is 2.38. The molecule has 80 valence electrons. The third-order valence-electron chi connectivity index (χ3n) is 3.91. The molecule has 0 aromatic carbocycles. The predicted molar refractivity (Wildman–Crippen MR) is 63.4 cm³/mol. The fourth-order valence-corrected chi connectivity index (χ4v) is 3.08. The van der Waals surface area contributed by atoms with Gasteiger partial charge in [0.1, 0.15) is 0 Å². The summed E-state index contributed by atoms with van der Waals surface area (Å²) in [6.07, 6.45) is 17.1. The van der Waals surface area contributed by atoms with Crippen LogP contribution in [0.15, 0.2) is 36.1 Å². The second-order valence-corrected chi connectivity index (χ2v) is 4.87. The number of hydrogen-bond donors (Lipinski definition) is 0. The minimum Gasteiger partial charge on any atom is -0.375 e. The van der Waals surface area contributed by atoms with Gasteiger partial charge in [-0.25, -0.2) is 0 Å². The van der Waals surface area contributed by atoms with Crippen molar-refractivity contribution in [3.8, 4) is 0 Å². The zero-order chi connectivity index (χ0) is 10.1. The summed E-state index contributed by atoms with van der Waals surface area (Å²) in [7, 11) is 0. The number of likely N-dealkylation sites (tertiary alicyclic amines) is 1. The molecule has 0 amide bonds. The van der Waals surface area contributed by atoms with E-state index in [1.165, 1.54) is 38.8 Å². The molecule has 2 unspecified atom stereocenters. The molecule has 0 saturated carbocycles. The molecule has 2 aliphatic carbocycles. The van der Waals surface area contributed by atoms with Crippen molar-refractivity contribution >= 4 is 0 Å². The van der Waals surface area contributed by atoms with Gasteiger partial charge in [0.25, 0.3) is 0 Å². The van der Waals surface area contributed by atoms with E-state index in [1.54, 1.807) is 5.70 Å². The van der Waals surface area contributed by atoms with Gasteiger partial charge in [0, 0.05) is 24.7 Å². The highest BCUT2D eigenvalue weighted by atomic mass is 15.1. The van der Waals surface area contributed by atoms with Crippen LogP contribution in [0.1, 0.15) is 25.7 Å². The van der Waals surface area contributed by atoms with Gasteiger partial charge in [0.15, 0.2) is 0 Å². The van der Waals surface area contributed by atoms with Gasteiger partial charge in [-0.2, -0.15) is 0 Å². The van der Waals surface area contributed by atoms with Crippen LogP contribution in [0.2, 0.25) is 0 Å². The van der Waals surface area contributed by atoms with Crippen LogP contribution in [0, 0.1) is 11.8 Å². The molecule has 3 rings (SSSR count). The van der Waals surface area contributed by atoms with Crippen LogP contribution in [0.4, 0.5) is 0 Å². The van der Waals surface area contributed by atoms with Crippen LogP contribution in [-0.2, 0) is 0 Å². The maximum atomic E-state index is 2.62. The molecule has 0 bridgehead atoms. The third kappa shape index (κ3) is 1.64. The molecule has 0 aromatic heterocycles. The molecule has 1 saturated heterocycles. The second-order valence-electron chi connectivity index (χ2n) is 4.87. The molecular formula is C14H19N. The Morgan fingerprint density at radius 1 is 1.00 bits per heavy atom. The first-order valence-corrected chi connectivity index (χ1v) is 6.25. The van der Waals surface area contributed by atoms with E-state index in [2.05, 4.69) is 35.3 Å². The van der Waals surface area contributed by atoms with E-state index in [-0.39, 0.29) is 0 Å². The van der Waals surface area contributed by atoms with E-state index >= 15 is 0 Å². The molecule has 0 spiro atoms. The minimum atomic E-state index is 0.688. The first kappa shape index (κ1) is 9.26. The van der Waals surface area contributed by atoms with Crippen molar-refractivity contribution in [2.24, 2.45) is 11.8 Å². The Balaban J connectivity index is 1.76. The lowest BCUT2D eigenvalue weighted by Gasteiger charge is -2.34. The molecule has 0 N–H and O–H groups in total. The highest BCUT2D eigenvalue weighted by molar-refractivity contribution is 5.29. The summed E-state index contributed by atoms with van der Waals surface area (Å²) in [6.45, 7) is 2.57. The van der Waals surface area contributed by atoms with Crippen LogP contribution >= 0.6 is 0 Å². The third-order valence-corrected chi connectivity index (χ3v) is 3.91. The standard InChI is InChI=1S/C14H19N/c1-4-10-15(11-5-1)14-9-8-12-6-2-3-7-13(12)14/h2-3,6-7,9,12-13H,1,4-5,8,10-11H2. The van der Waals surface area contributed by atoms with Crippen molar-refractivity contribution < 1.29 is 0 Å². The summed E-state index contributed by atoms with van der Waals surface area (Å²) in [4.78, 5) is 2.62. The topological polar surface area (TPSA) is 3.24 Å². The van der Waals surface area contributed by atoms with Gasteiger partial charge in [0.2, 0.25) is 0 Å². The van der Waals surface area contributed by atoms with Crippen LogP contribution in [0.25, 0.3) is 0 Å². The van der Waals surface area contributed by atoms with E-state index in [0.717, 1.165) is 5.92 Å². The first-order chi connectivity index (χ1) is 7.45. The number of allylic oxidation sites excluding steroid dienone is 5. The number of fused-ring (bicyclic) bond motifs is 1. The maximum Gasteiger partial charge on any atom is 0.0234 e. The normalized spacial score (nSPS) is 34.1. The van der Waals surface area contributed by atoms with Crippen molar-refractivity contribution in [3.05, 3.63) is 36.1 Å². The van der Waals surface area contributed by atoms with Gasteiger partial charge < -0.3 is 4.90 Å². The van der Waals surface area contributed by atoms with Gasteiger partial charge in [0.05, 0.1) is 0 Å². The molecule has 1 heteroatoms. The van der Waals surface area contributed by atoms with Crippen LogP contribution < -0.4 is 0 Å². The van der Waals surface area contributed by atoms with Crippen molar-refractivity contribution in [1.29, 1.82) is 0 Å². The Hall–Kier alpha value is -0.980. The van der Waals surface area contributed by atoms with Gasteiger partial charge >= 0.3 is 0 Å². The molecular weight excluding hydrogens is 182 g/mol. The van der Waals surface area contributed by atoms with E-state index in [4.69, 9.17) is 0 Å². The quantitative estimate of drug-likeness (QED) is 0.630. The smallest absolute Gasteiger partial charge is 0.0234 e. The van der Waals surface area contributed by atoms with Crippen molar-refractivity contribution in [2.75, 3.05) is 13.1 Å². The van der Waals surface area contributed by atoms with Crippen molar-refractivity contribution in [3.63, 3.8) is 0 Å². The molecule has 1 heterocycles. The molecule has 1 fully saturated rings. The van der Waals surface area contributed by atoms with Crippen molar-refractivity contribution in [1.82, 2.24) is 4.90 Å². The van der Waals surface area contributed by atoms with E-state index in [0.29, 0.717) is 5.92 Å². The SMILES string of the molecule is C1=CC2CC=C(N3CCCCC3)C2C=C1. The van der Waals surface area contributed by atoms with Crippen molar-refractivity contribution in [2.45, 2.75) is 25.7 Å². The van der Waals surface area contributed by atoms with E-state index in [9.17, 15) is 0 Å². The molecule has 0 aromatic rings. The molecule has 2 atom stereocenters. The van der Waals surface area contributed by atoms with Crippen LogP contribution in [0.3, 0.4) is 0 Å². The van der Waals surface area contributed by atoms with Gasteiger partial charge in [-0.15, -0.1) is 0 Å². The Kier molecular flexibility index (Phi) is 2.40. The molecule has 3 aliphatic rings. The number of hydrogen-bond acceptors (Lipinski definition) is 1. The number of nitrogens with zero attached hydrogens (tertiary/aromatic N) is 1. The fourth-order valence-electron chi connectivity index (χ4n) is 3.08. The van der Waals surface area contributed by atoms with E-state index in [1.807, 2.05) is 0 Å². The lowest BCUT2D eigenvalue weighted by atomic mass is 9.89. The molecule has 15 heavy (non-hydrogen) atoms. The fraction of sp³-hybridized carbons (Fsp3) is 0.571. The molecule has 1 nitrogen and oxygen atoms in total. The largest absolute Gasteiger partial charge is 0.375 e. The summed E-state index contributed by atoms with van der Waals surface area (Å²) in [6, 6.07) is 0. The zero-order valence-corrected chi connectivity index (χ0v) is 9.23. The Bertz CT molecular complexity index is 318. The minimum absolute atomic E-state index is 0.688. The summed E-state index contributed by atoms with van der Waals surface area (Å²) >= 11 is 0. The Morgan fingerprint density at radius 3 is 2.67 bits per heavy atom. The van der Waals surface area contributed by atoms with Gasteiger partial charge in [-0.1, -0.05) is 30.4 Å². The van der Waals surface area contributed by atoms with Gasteiger partial charge in [-0.05, 0) is 31.6 Å². The molecule has 1 aliphatic heterocycles. The summed E-state index contributed by atoms with van der Waals surface area (Å²) in [5.41, 5.74) is 1.61. The zero-order valence-electron chi connectivity index (χ0n) is 9.23. The lowest BCUT2D eigenvalue weighted by molar-refractivity contribution is 0.262. The van der Waals surface area contributed by atoms with Crippen LogP contribution in [-0.4, -0.2) is 18.0 Å².